The first-order valence-corrected chi connectivity index (χ1v) is 10.5. The van der Waals surface area contributed by atoms with E-state index >= 15 is 0 Å². The summed E-state index contributed by atoms with van der Waals surface area (Å²) in [6, 6.07) is 26.4. The predicted octanol–water partition coefficient (Wildman–Crippen LogP) is 5.86. The SMILES string of the molecule is C/C(=N\NC(=O)c1ccccc1-n1cccc1)c1ccc(OCc2ccc(Cl)cc2)cc1. The number of carbonyl (C=O) groups excluding carboxylic acids is 1. The van der Waals surface area contributed by atoms with E-state index in [1.165, 1.54) is 0 Å². The first-order valence-electron chi connectivity index (χ1n) is 10.1. The second kappa shape index (κ2) is 9.98. The van der Waals surface area contributed by atoms with Crippen molar-refractivity contribution in [2.45, 2.75) is 13.5 Å². The molecule has 160 valence electrons. The summed E-state index contributed by atoms with van der Waals surface area (Å²) in [5.74, 6) is 0.484. The molecule has 4 aromatic rings. The monoisotopic (exact) mass is 443 g/mol. The zero-order chi connectivity index (χ0) is 22.3. The molecule has 6 heteroatoms. The van der Waals surface area contributed by atoms with Crippen LogP contribution in [0.3, 0.4) is 0 Å². The minimum absolute atomic E-state index is 0.267. The summed E-state index contributed by atoms with van der Waals surface area (Å²) in [4.78, 5) is 12.7. The Balaban J connectivity index is 1.39. The maximum atomic E-state index is 12.7. The number of hydrogen-bond donors (Lipinski definition) is 1. The summed E-state index contributed by atoms with van der Waals surface area (Å²) in [6.07, 6.45) is 3.80. The highest BCUT2D eigenvalue weighted by Crippen LogP contribution is 2.17. The number of carbonyl (C=O) groups is 1. The Morgan fingerprint density at radius 1 is 0.938 bits per heavy atom. The number of halogens is 1. The molecule has 1 N–H and O–H groups in total. The molecule has 1 amide bonds. The van der Waals surface area contributed by atoms with Crippen LogP contribution < -0.4 is 10.2 Å². The number of aromatic nitrogens is 1. The van der Waals surface area contributed by atoms with E-state index in [1.54, 1.807) is 6.07 Å². The van der Waals surface area contributed by atoms with Gasteiger partial charge >= 0.3 is 0 Å². The third-order valence-corrected chi connectivity index (χ3v) is 5.20. The molecule has 32 heavy (non-hydrogen) atoms. The topological polar surface area (TPSA) is 55.6 Å². The van der Waals surface area contributed by atoms with Gasteiger partial charge in [-0.3, -0.25) is 4.79 Å². The molecule has 0 aliphatic heterocycles. The van der Waals surface area contributed by atoms with Gasteiger partial charge < -0.3 is 9.30 Å². The molecule has 0 aliphatic carbocycles. The fourth-order valence-corrected chi connectivity index (χ4v) is 3.31. The highest BCUT2D eigenvalue weighted by Gasteiger charge is 2.11. The Morgan fingerprint density at radius 2 is 1.62 bits per heavy atom. The molecular weight excluding hydrogens is 422 g/mol. The number of amides is 1. The number of nitrogens with one attached hydrogen (secondary N) is 1. The first kappa shape index (κ1) is 21.4. The van der Waals surface area contributed by atoms with Crippen molar-refractivity contribution in [3.05, 3.63) is 119 Å². The van der Waals surface area contributed by atoms with Gasteiger partial charge in [0.15, 0.2) is 0 Å². The van der Waals surface area contributed by atoms with Crippen molar-refractivity contribution in [1.82, 2.24) is 9.99 Å². The predicted molar refractivity (Wildman–Crippen MR) is 128 cm³/mol. The van der Waals surface area contributed by atoms with Crippen molar-refractivity contribution in [1.29, 1.82) is 0 Å². The van der Waals surface area contributed by atoms with Crippen molar-refractivity contribution in [3.8, 4) is 11.4 Å². The molecule has 0 spiro atoms. The van der Waals surface area contributed by atoms with Crippen LogP contribution in [-0.4, -0.2) is 16.2 Å². The summed E-state index contributed by atoms with van der Waals surface area (Å²) < 4.78 is 7.71. The first-order chi connectivity index (χ1) is 15.6. The van der Waals surface area contributed by atoms with E-state index in [-0.39, 0.29) is 5.91 Å². The second-order valence-corrected chi connectivity index (χ2v) is 7.62. The molecule has 0 atom stereocenters. The van der Waals surface area contributed by atoms with E-state index in [0.717, 1.165) is 22.6 Å². The van der Waals surface area contributed by atoms with Crippen molar-refractivity contribution in [2.24, 2.45) is 5.10 Å². The molecule has 1 heterocycles. The molecule has 3 aromatic carbocycles. The summed E-state index contributed by atoms with van der Waals surface area (Å²) in [7, 11) is 0. The number of para-hydroxylation sites is 1. The van der Waals surface area contributed by atoms with Crippen LogP contribution in [0.15, 0.2) is 102 Å². The Morgan fingerprint density at radius 3 is 2.34 bits per heavy atom. The summed E-state index contributed by atoms with van der Waals surface area (Å²) in [6.45, 7) is 2.31. The number of hydrazone groups is 1. The minimum atomic E-state index is -0.267. The van der Waals surface area contributed by atoms with Gasteiger partial charge in [-0.1, -0.05) is 35.9 Å². The minimum Gasteiger partial charge on any atom is -0.489 e. The van der Waals surface area contributed by atoms with Crippen LogP contribution in [0.5, 0.6) is 5.75 Å². The maximum absolute atomic E-state index is 12.7. The van der Waals surface area contributed by atoms with Crippen molar-refractivity contribution >= 4 is 23.2 Å². The molecule has 0 saturated carbocycles. The van der Waals surface area contributed by atoms with Crippen LogP contribution in [0.25, 0.3) is 5.69 Å². The number of ether oxygens (including phenoxy) is 1. The van der Waals surface area contributed by atoms with Crippen LogP contribution in [0.2, 0.25) is 5.02 Å². The number of benzene rings is 3. The van der Waals surface area contributed by atoms with Gasteiger partial charge in [-0.15, -0.1) is 0 Å². The van der Waals surface area contributed by atoms with E-state index in [2.05, 4.69) is 10.5 Å². The van der Waals surface area contributed by atoms with E-state index in [1.807, 2.05) is 103 Å². The quantitative estimate of drug-likeness (QED) is 0.287. The van der Waals surface area contributed by atoms with E-state index < -0.39 is 0 Å². The average Bonchev–Trinajstić information content (AvgIpc) is 3.37. The Kier molecular flexibility index (Phi) is 6.68. The van der Waals surface area contributed by atoms with Crippen molar-refractivity contribution in [2.75, 3.05) is 0 Å². The summed E-state index contributed by atoms with van der Waals surface area (Å²) in [5, 5.41) is 4.98. The lowest BCUT2D eigenvalue weighted by molar-refractivity contribution is 0.0955. The molecule has 0 fully saturated rings. The number of hydrogen-bond acceptors (Lipinski definition) is 3. The Bertz CT molecular complexity index is 1210. The fourth-order valence-electron chi connectivity index (χ4n) is 3.18. The highest BCUT2D eigenvalue weighted by atomic mass is 35.5. The van der Waals surface area contributed by atoms with Gasteiger partial charge in [0.25, 0.3) is 5.91 Å². The largest absolute Gasteiger partial charge is 0.489 e. The summed E-state index contributed by atoms with van der Waals surface area (Å²) in [5.41, 5.74) is 6.63. The van der Waals surface area contributed by atoms with Gasteiger partial charge in [-0.05, 0) is 78.7 Å². The van der Waals surface area contributed by atoms with E-state index in [9.17, 15) is 4.79 Å². The zero-order valence-electron chi connectivity index (χ0n) is 17.5. The smallest absolute Gasteiger partial charge is 0.273 e. The lowest BCUT2D eigenvalue weighted by atomic mass is 10.1. The molecule has 4 rings (SSSR count). The van der Waals surface area contributed by atoms with Crippen LogP contribution in [0, 0.1) is 0 Å². The van der Waals surface area contributed by atoms with Crippen LogP contribution in [0.4, 0.5) is 0 Å². The highest BCUT2D eigenvalue weighted by molar-refractivity contribution is 6.30. The Labute approximate surface area is 191 Å². The molecule has 1 aromatic heterocycles. The standard InChI is InChI=1S/C26H22ClN3O2/c1-19(21-10-14-23(15-11-21)32-18-20-8-12-22(27)13-9-20)28-29-26(31)24-6-2-3-7-25(24)30-16-4-5-17-30/h2-17H,18H2,1H3,(H,29,31)/b28-19+. The molecule has 0 aliphatic rings. The zero-order valence-corrected chi connectivity index (χ0v) is 18.3. The average molecular weight is 444 g/mol. The van der Waals surface area contributed by atoms with E-state index in [0.29, 0.717) is 22.9 Å². The summed E-state index contributed by atoms with van der Waals surface area (Å²) >= 11 is 5.91. The second-order valence-electron chi connectivity index (χ2n) is 7.19. The van der Waals surface area contributed by atoms with E-state index in [4.69, 9.17) is 16.3 Å². The van der Waals surface area contributed by atoms with Gasteiger partial charge in [-0.25, -0.2) is 5.43 Å². The number of nitrogens with zero attached hydrogens (tertiary/aromatic N) is 2. The van der Waals surface area contributed by atoms with Gasteiger partial charge in [0, 0.05) is 17.4 Å². The van der Waals surface area contributed by atoms with Crippen molar-refractivity contribution < 1.29 is 9.53 Å². The molecule has 5 nitrogen and oxygen atoms in total. The Hall–Kier alpha value is -3.83. The number of rotatable bonds is 7. The molecule has 0 bridgehead atoms. The molecule has 0 radical (unpaired) electrons. The molecular formula is C26H22ClN3O2. The fraction of sp³-hybridized carbons (Fsp3) is 0.0769. The third kappa shape index (κ3) is 5.25. The molecule has 0 unspecified atom stereocenters. The normalized spacial score (nSPS) is 11.2. The molecule has 0 saturated heterocycles. The van der Waals surface area contributed by atoms with Gasteiger partial charge in [0.2, 0.25) is 0 Å². The third-order valence-electron chi connectivity index (χ3n) is 4.95. The van der Waals surface area contributed by atoms with Crippen LogP contribution >= 0.6 is 11.6 Å². The lowest BCUT2D eigenvalue weighted by Crippen LogP contribution is -2.21. The van der Waals surface area contributed by atoms with Gasteiger partial charge in [0.05, 0.1) is 17.0 Å². The maximum Gasteiger partial charge on any atom is 0.273 e. The van der Waals surface area contributed by atoms with Crippen molar-refractivity contribution in [3.63, 3.8) is 0 Å². The lowest BCUT2D eigenvalue weighted by Gasteiger charge is -2.10. The van der Waals surface area contributed by atoms with Crippen LogP contribution in [-0.2, 0) is 6.61 Å². The van der Waals surface area contributed by atoms with Crippen LogP contribution in [0.1, 0.15) is 28.4 Å². The van der Waals surface area contributed by atoms with Gasteiger partial charge in [-0.2, -0.15) is 5.10 Å². The van der Waals surface area contributed by atoms with Gasteiger partial charge in [0.1, 0.15) is 12.4 Å².